The maximum absolute atomic E-state index is 13.1. The van der Waals surface area contributed by atoms with Crippen molar-refractivity contribution in [2.45, 2.75) is 24.9 Å². The minimum Gasteiger partial charge on any atom is -0.497 e. The Morgan fingerprint density at radius 2 is 2.08 bits per heavy atom. The third-order valence-electron chi connectivity index (χ3n) is 5.37. The molecule has 0 bridgehead atoms. The molecule has 0 saturated carbocycles. The molecule has 0 radical (unpaired) electrons. The lowest BCUT2D eigenvalue weighted by molar-refractivity contribution is -0.153. The van der Waals surface area contributed by atoms with Crippen molar-refractivity contribution in [1.82, 2.24) is 19.6 Å². The summed E-state index contributed by atoms with van der Waals surface area (Å²) in [6, 6.07) is 6.14. The first-order valence-corrected chi connectivity index (χ1v) is 13.4. The summed E-state index contributed by atoms with van der Waals surface area (Å²) in [4.78, 5) is 49.4. The monoisotopic (exact) mass is 566 g/mol. The summed E-state index contributed by atoms with van der Waals surface area (Å²) in [6.45, 7) is 1.91. The van der Waals surface area contributed by atoms with Crippen LogP contribution < -0.4 is 15.8 Å². The molecule has 2 aliphatic heterocycles. The maximum atomic E-state index is 13.1. The molecule has 15 heteroatoms. The molecule has 3 heterocycles. The maximum Gasteiger partial charge on any atom is 0.355 e. The number of carbonyl (C=O) groups excluding carboxylic acids is 3. The Balaban J connectivity index is 1.46. The molecule has 3 N–H and O–H groups in total. The number of fused-ring (bicyclic) bond motifs is 1. The second-order valence-corrected chi connectivity index (χ2v) is 9.84. The Kier molecular flexibility index (Phi) is 8.51. The van der Waals surface area contributed by atoms with Crippen LogP contribution in [0.3, 0.4) is 0 Å². The van der Waals surface area contributed by atoms with E-state index in [1.54, 1.807) is 38.3 Å². The number of nitrogens with two attached hydrogens (primary N) is 1. The molecule has 37 heavy (non-hydrogen) atoms. The molecular formula is C22H23ClN6O6S2. The molecule has 1 saturated heterocycles. The lowest BCUT2D eigenvalue weighted by Gasteiger charge is -2.49. The van der Waals surface area contributed by atoms with E-state index in [1.807, 2.05) is 0 Å². The number of aromatic nitrogens is 2. The number of ether oxygens (including phenoxy) is 2. The van der Waals surface area contributed by atoms with Crippen LogP contribution in [0.5, 0.6) is 5.75 Å². The molecule has 2 amide bonds. The number of nitrogens with one attached hydrogen (secondary N) is 1. The molecule has 4 rings (SSSR count). The number of thioether (sulfide) groups is 1. The van der Waals surface area contributed by atoms with Crippen LogP contribution in [0, 0.1) is 0 Å². The topological polar surface area (TPSA) is 158 Å². The molecule has 2 aliphatic rings. The van der Waals surface area contributed by atoms with Crippen molar-refractivity contribution in [3.05, 3.63) is 46.9 Å². The number of β-lactam (4-membered cyclic amide) rings is 1. The SMILES string of the molecule is CCO/N=C(\C(=O)N[C@@H]1C(=O)N2C(C(=O)OCc3ccc(OC)cc3)=C(CCl)CS[C@H]12)c1nsc(N)n1. The number of rotatable bonds is 10. The number of benzene rings is 1. The Hall–Kier alpha value is -3.36. The van der Waals surface area contributed by atoms with Crippen LogP contribution in [0.1, 0.15) is 18.3 Å². The second kappa shape index (κ2) is 11.8. The van der Waals surface area contributed by atoms with Gasteiger partial charge in [0.25, 0.3) is 11.8 Å². The number of anilines is 1. The number of nitrogen functional groups attached to an aromatic ring is 1. The van der Waals surface area contributed by atoms with E-state index in [9.17, 15) is 14.4 Å². The van der Waals surface area contributed by atoms with Crippen molar-refractivity contribution < 1.29 is 28.7 Å². The predicted octanol–water partition coefficient (Wildman–Crippen LogP) is 1.51. The fourth-order valence-corrected chi connectivity index (χ4v) is 5.68. The lowest BCUT2D eigenvalue weighted by atomic mass is 10.0. The molecule has 1 fully saturated rings. The highest BCUT2D eigenvalue weighted by atomic mass is 35.5. The quantitative estimate of drug-likeness (QED) is 0.142. The zero-order valence-corrected chi connectivity index (χ0v) is 22.2. The molecule has 1 aromatic heterocycles. The predicted molar refractivity (Wildman–Crippen MR) is 138 cm³/mol. The van der Waals surface area contributed by atoms with E-state index in [0.29, 0.717) is 17.1 Å². The smallest absolute Gasteiger partial charge is 0.355 e. The second-order valence-electron chi connectivity index (χ2n) is 7.68. The van der Waals surface area contributed by atoms with Crippen molar-refractivity contribution in [2.75, 3.05) is 31.1 Å². The van der Waals surface area contributed by atoms with Crippen molar-refractivity contribution in [3.8, 4) is 5.75 Å². The van der Waals surface area contributed by atoms with E-state index in [0.717, 1.165) is 17.1 Å². The Morgan fingerprint density at radius 1 is 1.32 bits per heavy atom. The molecular weight excluding hydrogens is 544 g/mol. The van der Waals surface area contributed by atoms with Gasteiger partial charge in [-0.1, -0.05) is 17.3 Å². The molecule has 196 valence electrons. The first kappa shape index (κ1) is 26.7. The largest absolute Gasteiger partial charge is 0.497 e. The highest BCUT2D eigenvalue weighted by molar-refractivity contribution is 8.00. The van der Waals surface area contributed by atoms with Gasteiger partial charge in [-0.25, -0.2) is 4.79 Å². The lowest BCUT2D eigenvalue weighted by Crippen LogP contribution is -2.71. The van der Waals surface area contributed by atoms with Gasteiger partial charge in [-0.05, 0) is 30.2 Å². The molecule has 0 aliphatic carbocycles. The number of alkyl halides is 1. The van der Waals surface area contributed by atoms with Gasteiger partial charge >= 0.3 is 5.97 Å². The van der Waals surface area contributed by atoms with Crippen LogP contribution in [0.4, 0.5) is 5.13 Å². The van der Waals surface area contributed by atoms with Gasteiger partial charge in [0.1, 0.15) is 36.1 Å². The van der Waals surface area contributed by atoms with Crippen molar-refractivity contribution >= 4 is 63.5 Å². The zero-order chi connectivity index (χ0) is 26.5. The van der Waals surface area contributed by atoms with Crippen LogP contribution in [0.25, 0.3) is 0 Å². The van der Waals surface area contributed by atoms with Crippen molar-refractivity contribution in [3.63, 3.8) is 0 Å². The van der Waals surface area contributed by atoms with Gasteiger partial charge in [0.05, 0.1) is 7.11 Å². The number of esters is 1. The summed E-state index contributed by atoms with van der Waals surface area (Å²) in [5.74, 6) is -0.753. The highest BCUT2D eigenvalue weighted by Crippen LogP contribution is 2.41. The van der Waals surface area contributed by atoms with Crippen molar-refractivity contribution in [1.29, 1.82) is 0 Å². The number of methoxy groups -OCH3 is 1. The minimum atomic E-state index is -0.915. The number of amides is 2. The summed E-state index contributed by atoms with van der Waals surface area (Å²) in [6.07, 6.45) is 0. The Labute approximate surface area is 225 Å². The van der Waals surface area contributed by atoms with E-state index >= 15 is 0 Å². The summed E-state index contributed by atoms with van der Waals surface area (Å²) < 4.78 is 14.6. The van der Waals surface area contributed by atoms with E-state index in [2.05, 4.69) is 19.8 Å². The fraction of sp³-hybridized carbons (Fsp3) is 0.364. The third kappa shape index (κ3) is 5.65. The van der Waals surface area contributed by atoms with E-state index in [1.165, 1.54) is 16.7 Å². The molecule has 2 aromatic rings. The van der Waals surface area contributed by atoms with Crippen LogP contribution >= 0.6 is 34.9 Å². The van der Waals surface area contributed by atoms with E-state index in [-0.39, 0.29) is 41.5 Å². The number of hydrogen-bond acceptors (Lipinski definition) is 12. The standard InChI is InChI=1S/C22H23ClN6O6S2/c1-3-35-27-14(17-26-22(24)37-28-17)18(30)25-15-19(31)29-16(12(8-23)10-36-20(15)29)21(32)34-9-11-4-6-13(33-2)7-5-11/h4-7,15,20H,3,8-10H2,1-2H3,(H,25,30)(H2,24,26,28)/b27-14-/t15-,20-/m1/s1. The van der Waals surface area contributed by atoms with Gasteiger partial charge in [-0.3, -0.25) is 14.5 Å². The normalized spacial score (nSPS) is 19.2. The summed E-state index contributed by atoms with van der Waals surface area (Å²) in [5.41, 5.74) is 6.83. The third-order valence-corrected chi connectivity index (χ3v) is 7.58. The van der Waals surface area contributed by atoms with Gasteiger partial charge in [0, 0.05) is 23.2 Å². The Morgan fingerprint density at radius 3 is 2.70 bits per heavy atom. The van der Waals surface area contributed by atoms with E-state index < -0.39 is 29.2 Å². The van der Waals surface area contributed by atoms with Crippen LogP contribution in [0.2, 0.25) is 0 Å². The molecule has 0 spiro atoms. The number of hydrogen-bond donors (Lipinski definition) is 2. The number of oxime groups is 1. The van der Waals surface area contributed by atoms with Gasteiger partial charge in [-0.2, -0.15) is 9.36 Å². The molecule has 0 unspecified atom stereocenters. The summed E-state index contributed by atoms with van der Waals surface area (Å²) in [5, 5.41) is 6.05. The van der Waals surface area contributed by atoms with Gasteiger partial charge < -0.3 is 25.4 Å². The summed E-state index contributed by atoms with van der Waals surface area (Å²) in [7, 11) is 1.56. The van der Waals surface area contributed by atoms with Gasteiger partial charge in [0.2, 0.25) is 11.5 Å². The first-order valence-electron chi connectivity index (χ1n) is 11.0. The minimum absolute atomic E-state index is 0.00290. The highest BCUT2D eigenvalue weighted by Gasteiger charge is 2.54. The van der Waals surface area contributed by atoms with E-state index in [4.69, 9.17) is 31.6 Å². The average Bonchev–Trinajstić information content (AvgIpc) is 3.35. The van der Waals surface area contributed by atoms with Crippen LogP contribution in [-0.2, 0) is 30.6 Å². The number of halogens is 1. The van der Waals surface area contributed by atoms with Crippen LogP contribution in [-0.4, -0.2) is 74.5 Å². The molecule has 12 nitrogen and oxygen atoms in total. The van der Waals surface area contributed by atoms with Gasteiger partial charge in [0.15, 0.2) is 5.13 Å². The fourth-order valence-electron chi connectivity index (χ4n) is 3.57. The number of carbonyl (C=O) groups is 3. The van der Waals surface area contributed by atoms with Crippen LogP contribution in [0.15, 0.2) is 40.7 Å². The van der Waals surface area contributed by atoms with Gasteiger partial charge in [-0.15, -0.1) is 23.4 Å². The first-order chi connectivity index (χ1) is 17.9. The zero-order valence-electron chi connectivity index (χ0n) is 19.8. The number of nitrogens with zero attached hydrogens (tertiary/aromatic N) is 4. The summed E-state index contributed by atoms with van der Waals surface area (Å²) >= 11 is 8.35. The Bertz CT molecular complexity index is 1250. The molecule has 1 aromatic carbocycles. The average molecular weight is 567 g/mol. The van der Waals surface area contributed by atoms with Crippen molar-refractivity contribution in [2.24, 2.45) is 5.16 Å². The molecule has 2 atom stereocenters.